The molecule has 0 unspecified atom stereocenters. The van der Waals surface area contributed by atoms with E-state index < -0.39 is 0 Å². The van der Waals surface area contributed by atoms with Crippen LogP contribution in [0.1, 0.15) is 0 Å². The minimum atomic E-state index is -0.190. The van der Waals surface area contributed by atoms with E-state index in [2.05, 4.69) is 0 Å². The molecule has 12 heavy (non-hydrogen) atoms. The maximum absolute atomic E-state index is 11.2. The lowest BCUT2D eigenvalue weighted by molar-refractivity contribution is 0.759. The fourth-order valence-corrected chi connectivity index (χ4v) is 2.05. The molecule has 0 bridgehead atoms. The van der Waals surface area contributed by atoms with Crippen molar-refractivity contribution in [1.29, 1.82) is 0 Å². The Labute approximate surface area is 69.5 Å². The highest BCUT2D eigenvalue weighted by atomic mass is 32.1. The van der Waals surface area contributed by atoms with Crippen molar-refractivity contribution in [1.82, 2.24) is 0 Å². The first-order valence-electron chi connectivity index (χ1n) is 3.39. The van der Waals surface area contributed by atoms with Gasteiger partial charge in [-0.1, -0.05) is 11.3 Å². The van der Waals surface area contributed by atoms with Crippen molar-refractivity contribution in [2.75, 3.05) is 0 Å². The minimum Gasteiger partial charge on any atom is -0.449 e. The summed E-state index contributed by atoms with van der Waals surface area (Å²) in [7, 11) is 0. The smallest absolute Gasteiger partial charge is 0.247 e. The fourth-order valence-electron chi connectivity index (χ4n) is 1.30. The highest BCUT2D eigenvalue weighted by molar-refractivity contribution is 7.08. The van der Waals surface area contributed by atoms with E-state index in [1.807, 2.05) is 0 Å². The highest BCUT2D eigenvalue weighted by Gasteiger charge is 2.17. The topological polar surface area (TPSA) is 47.3 Å². The van der Waals surface area contributed by atoms with E-state index in [0.29, 0.717) is 16.4 Å². The quantitative estimate of drug-likeness (QED) is 0.520. The zero-order chi connectivity index (χ0) is 8.29. The molecule has 0 fully saturated rings. The molecule has 0 radical (unpaired) electrons. The van der Waals surface area contributed by atoms with Crippen LogP contribution in [0.5, 0.6) is 0 Å². The lowest BCUT2D eigenvalue weighted by atomic mass is 10.2. The molecule has 0 saturated carbocycles. The summed E-state index contributed by atoms with van der Waals surface area (Å²) in [5, 5.41) is 0.948. The van der Waals surface area contributed by atoms with Crippen molar-refractivity contribution in [3.05, 3.63) is 31.2 Å². The van der Waals surface area contributed by atoms with Gasteiger partial charge < -0.3 is 4.42 Å². The zero-order valence-electron chi connectivity index (χ0n) is 5.79. The average Bonchev–Trinajstić information content (AvgIpc) is 2.74. The van der Waals surface area contributed by atoms with Gasteiger partial charge in [0.25, 0.3) is 0 Å². The second-order valence-electron chi connectivity index (χ2n) is 2.59. The predicted octanol–water partition coefficient (Wildman–Crippen LogP) is 1.24. The van der Waals surface area contributed by atoms with Gasteiger partial charge in [-0.15, -0.1) is 0 Å². The number of benzene rings is 1. The van der Waals surface area contributed by atoms with Gasteiger partial charge in [0, 0.05) is 5.39 Å². The van der Waals surface area contributed by atoms with Gasteiger partial charge in [-0.05, 0) is 12.1 Å². The second kappa shape index (κ2) is 1.67. The maximum Gasteiger partial charge on any atom is 0.247 e. The van der Waals surface area contributed by atoms with E-state index in [4.69, 9.17) is 4.42 Å². The molecule has 0 amide bonds. The van der Waals surface area contributed by atoms with E-state index in [-0.39, 0.29) is 9.48 Å². The summed E-state index contributed by atoms with van der Waals surface area (Å²) in [5.41, 5.74) is 1.31. The van der Waals surface area contributed by atoms with Crippen LogP contribution in [0.4, 0.5) is 0 Å². The number of hydrogen-bond donors (Lipinski definition) is 0. The van der Waals surface area contributed by atoms with Crippen molar-refractivity contribution < 1.29 is 4.42 Å². The van der Waals surface area contributed by atoms with Gasteiger partial charge in [-0.3, -0.25) is 9.59 Å². The summed E-state index contributed by atoms with van der Waals surface area (Å²) < 4.78 is 4.65. The van der Waals surface area contributed by atoms with E-state index in [1.165, 1.54) is 0 Å². The monoisotopic (exact) mass is 178 g/mol. The number of thiophene rings is 1. The van der Waals surface area contributed by atoms with Crippen LogP contribution in [0.15, 0.2) is 26.1 Å². The van der Waals surface area contributed by atoms with E-state index >= 15 is 0 Å². The fraction of sp³-hybridized carbons (Fsp3) is 0. The molecule has 4 heteroatoms. The standard InChI is InChI=1S/C8H2O3S/c9-7-3-1-2-4-6(11-4)5(3)8(10)12-7/h1-2H. The Morgan fingerprint density at radius 2 is 2.00 bits per heavy atom. The van der Waals surface area contributed by atoms with Crippen LogP contribution in [0.25, 0.3) is 21.9 Å². The average molecular weight is 178 g/mol. The second-order valence-corrected chi connectivity index (χ2v) is 3.54. The molecule has 58 valence electrons. The highest BCUT2D eigenvalue weighted by Crippen LogP contribution is 2.29. The van der Waals surface area contributed by atoms with Gasteiger partial charge in [-0.25, -0.2) is 0 Å². The van der Waals surface area contributed by atoms with Crippen LogP contribution in [0.3, 0.4) is 0 Å². The number of fused-ring (bicyclic) bond motifs is 3. The molecule has 0 aliphatic heterocycles. The summed E-state index contributed by atoms with van der Waals surface area (Å²) in [6, 6.07) is 3.35. The van der Waals surface area contributed by atoms with Gasteiger partial charge in [0.05, 0.1) is 5.39 Å². The molecule has 0 saturated heterocycles. The van der Waals surface area contributed by atoms with Crippen LogP contribution in [-0.4, -0.2) is 0 Å². The molecule has 0 N–H and O–H groups in total. The Kier molecular flexibility index (Phi) is 0.851. The van der Waals surface area contributed by atoms with Crippen molar-refractivity contribution >= 4 is 33.3 Å². The summed E-state index contributed by atoms with van der Waals surface area (Å²) in [5.74, 6) is 0. The molecular formula is C8H2O3S. The third kappa shape index (κ3) is 0.563. The normalized spacial score (nSPS) is 12.0. The molecule has 3 aromatic rings. The molecule has 0 aliphatic carbocycles. The SMILES string of the molecule is O=c1sc(=O)c2c1ccc1oc12. The Morgan fingerprint density at radius 1 is 1.17 bits per heavy atom. The first-order chi connectivity index (χ1) is 5.77. The molecule has 2 heterocycles. The van der Waals surface area contributed by atoms with Gasteiger partial charge >= 0.3 is 0 Å². The Hall–Kier alpha value is -1.42. The predicted molar refractivity (Wildman–Crippen MR) is 46.5 cm³/mol. The summed E-state index contributed by atoms with van der Waals surface area (Å²) >= 11 is 0.739. The zero-order valence-corrected chi connectivity index (χ0v) is 6.60. The lowest BCUT2D eigenvalue weighted by Crippen LogP contribution is -1.86. The molecule has 2 aromatic heterocycles. The van der Waals surface area contributed by atoms with Crippen molar-refractivity contribution in [2.45, 2.75) is 0 Å². The molecular weight excluding hydrogens is 176 g/mol. The van der Waals surface area contributed by atoms with Gasteiger partial charge in [0.1, 0.15) is 0 Å². The largest absolute Gasteiger partial charge is 0.449 e. The molecule has 0 atom stereocenters. The lowest BCUT2D eigenvalue weighted by Gasteiger charge is -1.74. The van der Waals surface area contributed by atoms with Crippen molar-refractivity contribution in [3.8, 4) is 0 Å². The summed E-state index contributed by atoms with van der Waals surface area (Å²) in [6.45, 7) is 0. The molecule has 1 aromatic carbocycles. The van der Waals surface area contributed by atoms with Crippen LogP contribution >= 0.6 is 11.3 Å². The van der Waals surface area contributed by atoms with Crippen LogP contribution in [0.2, 0.25) is 0 Å². The first-order valence-corrected chi connectivity index (χ1v) is 4.20. The molecule has 3 nitrogen and oxygen atoms in total. The van der Waals surface area contributed by atoms with Crippen molar-refractivity contribution in [2.24, 2.45) is 0 Å². The summed E-state index contributed by atoms with van der Waals surface area (Å²) in [6.07, 6.45) is 0. The van der Waals surface area contributed by atoms with Gasteiger partial charge in [-0.2, -0.15) is 0 Å². The Morgan fingerprint density at radius 3 is 2.83 bits per heavy atom. The molecule has 0 spiro atoms. The van der Waals surface area contributed by atoms with Crippen LogP contribution in [-0.2, 0) is 0 Å². The van der Waals surface area contributed by atoms with Gasteiger partial charge in [0.15, 0.2) is 11.2 Å². The number of hydrogen-bond acceptors (Lipinski definition) is 4. The first kappa shape index (κ1) is 6.14. The minimum absolute atomic E-state index is 0.173. The third-order valence-electron chi connectivity index (χ3n) is 1.90. The van der Waals surface area contributed by atoms with Crippen LogP contribution in [0, 0.1) is 0 Å². The summed E-state index contributed by atoms with van der Waals surface area (Å²) in [4.78, 5) is 22.3. The molecule has 0 aliphatic rings. The number of rotatable bonds is 0. The van der Waals surface area contributed by atoms with Crippen molar-refractivity contribution in [3.63, 3.8) is 0 Å². The Balaban J connectivity index is 2.85. The van der Waals surface area contributed by atoms with E-state index in [0.717, 1.165) is 16.9 Å². The van der Waals surface area contributed by atoms with E-state index in [1.54, 1.807) is 12.1 Å². The molecule has 3 rings (SSSR count). The third-order valence-corrected chi connectivity index (χ3v) is 2.70. The Bertz CT molecular complexity index is 648. The van der Waals surface area contributed by atoms with Crippen LogP contribution < -0.4 is 9.48 Å². The maximum atomic E-state index is 11.2. The van der Waals surface area contributed by atoms with Gasteiger partial charge in [0.2, 0.25) is 9.48 Å². The van der Waals surface area contributed by atoms with E-state index in [9.17, 15) is 9.59 Å².